The molecule has 0 unspecified atom stereocenters. The van der Waals surface area contributed by atoms with Crippen LogP contribution in [0.5, 0.6) is 0 Å². The molecular formula is C42H44O10. The number of carbonyl (C=O) groups is 4. The fourth-order valence-corrected chi connectivity index (χ4v) is 5.82. The largest absolute Gasteiger partial charge is 0.459 e. The molecule has 0 radical (unpaired) electrons. The van der Waals surface area contributed by atoms with E-state index >= 15 is 0 Å². The zero-order chi connectivity index (χ0) is 36.6. The van der Waals surface area contributed by atoms with Gasteiger partial charge in [0.2, 0.25) is 5.79 Å². The predicted octanol–water partition coefficient (Wildman–Crippen LogP) is 7.62. The second-order valence-electron chi connectivity index (χ2n) is 12.4. The Morgan fingerprint density at radius 1 is 0.558 bits per heavy atom. The van der Waals surface area contributed by atoms with E-state index < -0.39 is 61.2 Å². The number of rotatable bonds is 18. The molecule has 0 aliphatic carbocycles. The van der Waals surface area contributed by atoms with Crippen LogP contribution in [0.2, 0.25) is 0 Å². The van der Waals surface area contributed by atoms with E-state index in [0.717, 1.165) is 32.1 Å². The van der Waals surface area contributed by atoms with Gasteiger partial charge in [0.25, 0.3) is 0 Å². The van der Waals surface area contributed by atoms with Crippen molar-refractivity contribution < 1.29 is 47.6 Å². The van der Waals surface area contributed by atoms with Gasteiger partial charge in [0.1, 0.15) is 19.3 Å². The van der Waals surface area contributed by atoms with E-state index in [1.54, 1.807) is 121 Å². The number of carbonyl (C=O) groups excluding carboxylic acids is 4. The van der Waals surface area contributed by atoms with Crippen LogP contribution < -0.4 is 0 Å². The molecule has 0 N–H and O–H groups in total. The molecule has 1 heterocycles. The van der Waals surface area contributed by atoms with E-state index in [-0.39, 0.29) is 23.3 Å². The fraction of sp³-hybridized carbons (Fsp3) is 0.333. The first-order valence-corrected chi connectivity index (χ1v) is 17.7. The summed E-state index contributed by atoms with van der Waals surface area (Å²) in [5.74, 6) is -4.75. The molecule has 0 bridgehead atoms. The van der Waals surface area contributed by atoms with E-state index in [4.69, 9.17) is 28.4 Å². The highest BCUT2D eigenvalue weighted by Gasteiger charge is 2.62. The van der Waals surface area contributed by atoms with Crippen molar-refractivity contribution >= 4 is 23.9 Å². The first kappa shape index (κ1) is 37.9. The number of ether oxygens (including phenoxy) is 6. The minimum atomic E-state index is -1.95. The summed E-state index contributed by atoms with van der Waals surface area (Å²) in [7, 11) is 0. The summed E-state index contributed by atoms with van der Waals surface area (Å²) in [5, 5.41) is 0. The average molecular weight is 709 g/mol. The Balaban J connectivity index is 1.50. The van der Waals surface area contributed by atoms with Crippen LogP contribution in [0.15, 0.2) is 121 Å². The molecule has 1 fully saturated rings. The molecule has 4 aromatic carbocycles. The minimum Gasteiger partial charge on any atom is -0.459 e. The van der Waals surface area contributed by atoms with Crippen molar-refractivity contribution in [3.8, 4) is 0 Å². The quantitative estimate of drug-likeness (QED) is 0.0579. The van der Waals surface area contributed by atoms with E-state index in [0.29, 0.717) is 12.0 Å². The van der Waals surface area contributed by atoms with Gasteiger partial charge in [-0.1, -0.05) is 112 Å². The van der Waals surface area contributed by atoms with Gasteiger partial charge in [-0.15, -0.1) is 0 Å². The number of hydrogen-bond acceptors (Lipinski definition) is 10. The van der Waals surface area contributed by atoms with Gasteiger partial charge in [0.05, 0.1) is 28.9 Å². The molecule has 0 aromatic heterocycles. The molecule has 1 aliphatic rings. The number of benzene rings is 4. The molecule has 52 heavy (non-hydrogen) atoms. The normalized spacial score (nSPS) is 19.4. The predicted molar refractivity (Wildman–Crippen MR) is 192 cm³/mol. The molecule has 5 rings (SSSR count). The first-order chi connectivity index (χ1) is 25.4. The zero-order valence-corrected chi connectivity index (χ0v) is 29.2. The maximum absolute atomic E-state index is 13.7. The van der Waals surface area contributed by atoms with E-state index in [2.05, 4.69) is 6.92 Å². The lowest BCUT2D eigenvalue weighted by Gasteiger charge is -2.34. The van der Waals surface area contributed by atoms with Crippen molar-refractivity contribution in [2.24, 2.45) is 0 Å². The molecule has 0 saturated carbocycles. The molecule has 10 nitrogen and oxygen atoms in total. The van der Waals surface area contributed by atoms with Crippen molar-refractivity contribution in [3.63, 3.8) is 0 Å². The van der Waals surface area contributed by atoms with Crippen LogP contribution in [-0.2, 0) is 28.4 Å². The van der Waals surface area contributed by atoms with Crippen molar-refractivity contribution in [3.05, 3.63) is 144 Å². The van der Waals surface area contributed by atoms with E-state index in [1.807, 2.05) is 0 Å². The number of unbranched alkanes of at least 4 members (excludes halogenated alkanes) is 5. The highest BCUT2D eigenvalue weighted by Crippen LogP contribution is 2.39. The molecule has 0 amide bonds. The third-order valence-corrected chi connectivity index (χ3v) is 8.59. The number of esters is 4. The van der Waals surface area contributed by atoms with Gasteiger partial charge < -0.3 is 28.4 Å². The molecule has 10 heteroatoms. The van der Waals surface area contributed by atoms with Gasteiger partial charge in [-0.25, -0.2) is 19.2 Å². The zero-order valence-electron chi connectivity index (χ0n) is 29.2. The SMILES string of the molecule is CCCCCCCCO[C@]1(COC(=O)c2ccccc2)O[C@H](COC(=O)c2ccccc2)[C@@H](OC(=O)c2ccccc2)[C@@H]1OC(=O)c1ccccc1. The highest BCUT2D eigenvalue weighted by molar-refractivity contribution is 5.91. The Labute approximate surface area is 303 Å². The van der Waals surface area contributed by atoms with Crippen LogP contribution in [0.4, 0.5) is 0 Å². The van der Waals surface area contributed by atoms with Gasteiger partial charge in [0.15, 0.2) is 12.2 Å². The third kappa shape index (κ3) is 10.4. The summed E-state index contributed by atoms with van der Waals surface area (Å²) >= 11 is 0. The van der Waals surface area contributed by atoms with Gasteiger partial charge in [-0.05, 0) is 55.0 Å². The maximum atomic E-state index is 13.7. The van der Waals surface area contributed by atoms with Crippen molar-refractivity contribution in [1.29, 1.82) is 0 Å². The Morgan fingerprint density at radius 2 is 1.00 bits per heavy atom. The van der Waals surface area contributed by atoms with Crippen LogP contribution in [0.1, 0.15) is 86.9 Å². The molecule has 272 valence electrons. The summed E-state index contributed by atoms with van der Waals surface area (Å²) < 4.78 is 36.7. The lowest BCUT2D eigenvalue weighted by Crippen LogP contribution is -2.53. The van der Waals surface area contributed by atoms with E-state index in [1.165, 1.54) is 0 Å². The second-order valence-corrected chi connectivity index (χ2v) is 12.4. The van der Waals surface area contributed by atoms with Gasteiger partial charge in [-0.3, -0.25) is 0 Å². The highest BCUT2D eigenvalue weighted by atomic mass is 16.8. The van der Waals surface area contributed by atoms with Crippen molar-refractivity contribution in [2.45, 2.75) is 69.5 Å². The van der Waals surface area contributed by atoms with Gasteiger partial charge >= 0.3 is 23.9 Å². The Hall–Kier alpha value is -5.32. The monoisotopic (exact) mass is 708 g/mol. The standard InChI is InChI=1S/C42H44O10/c1-2-3-4-5-6-19-28-49-42(30-48-39(44)32-22-13-8-14-23-32)37(51-41(46)34-26-17-10-18-27-34)36(50-40(45)33-24-15-9-16-25-33)35(52-42)29-47-38(43)31-20-11-7-12-21-31/h7-18,20-27,35-37H,2-6,19,28-30H2,1H3/t35-,36-,37+,42-/m1/s1. The van der Waals surface area contributed by atoms with Crippen molar-refractivity contribution in [1.82, 2.24) is 0 Å². The van der Waals surface area contributed by atoms with Crippen LogP contribution in [0.3, 0.4) is 0 Å². The van der Waals surface area contributed by atoms with E-state index in [9.17, 15) is 19.2 Å². The first-order valence-electron chi connectivity index (χ1n) is 17.7. The van der Waals surface area contributed by atoms with Gasteiger partial charge in [0, 0.05) is 0 Å². The smallest absolute Gasteiger partial charge is 0.338 e. The van der Waals surface area contributed by atoms with Crippen LogP contribution >= 0.6 is 0 Å². The Morgan fingerprint density at radius 3 is 1.52 bits per heavy atom. The third-order valence-electron chi connectivity index (χ3n) is 8.59. The molecule has 4 aromatic rings. The van der Waals surface area contributed by atoms with Crippen LogP contribution in [0.25, 0.3) is 0 Å². The minimum absolute atomic E-state index is 0.143. The topological polar surface area (TPSA) is 124 Å². The summed E-state index contributed by atoms with van der Waals surface area (Å²) in [6.07, 6.45) is 1.77. The maximum Gasteiger partial charge on any atom is 0.338 e. The van der Waals surface area contributed by atoms with Gasteiger partial charge in [-0.2, -0.15) is 0 Å². The molecule has 1 aliphatic heterocycles. The number of hydrogen-bond donors (Lipinski definition) is 0. The molecule has 1 saturated heterocycles. The molecule has 0 spiro atoms. The van der Waals surface area contributed by atoms with Crippen LogP contribution in [-0.4, -0.2) is 67.8 Å². The van der Waals surface area contributed by atoms with Crippen molar-refractivity contribution in [2.75, 3.05) is 19.8 Å². The summed E-state index contributed by atoms with van der Waals surface area (Å²) in [6.45, 7) is 1.34. The summed E-state index contributed by atoms with van der Waals surface area (Å²) in [4.78, 5) is 53.7. The lowest BCUT2D eigenvalue weighted by molar-refractivity contribution is -0.275. The average Bonchev–Trinajstić information content (AvgIpc) is 3.47. The molecule has 4 atom stereocenters. The summed E-state index contributed by atoms with van der Waals surface area (Å²) in [6, 6.07) is 33.3. The molecular weight excluding hydrogens is 664 g/mol. The summed E-state index contributed by atoms with van der Waals surface area (Å²) in [5.41, 5.74) is 1.04. The van der Waals surface area contributed by atoms with Crippen LogP contribution in [0, 0.1) is 0 Å². The fourth-order valence-electron chi connectivity index (χ4n) is 5.82. The Kier molecular flexibility index (Phi) is 14.1. The Bertz CT molecular complexity index is 1720. The lowest BCUT2D eigenvalue weighted by atomic mass is 10.0. The second kappa shape index (κ2) is 19.3.